The van der Waals surface area contributed by atoms with Crippen LogP contribution < -0.4 is 5.32 Å². The number of benzene rings is 1. The normalized spacial score (nSPS) is 39.0. The molecule has 2 aliphatic carbocycles. The molecule has 1 saturated heterocycles. The van der Waals surface area contributed by atoms with Crippen molar-refractivity contribution in [2.24, 2.45) is 5.41 Å². The van der Waals surface area contributed by atoms with Crippen molar-refractivity contribution in [1.82, 2.24) is 5.32 Å². The highest BCUT2D eigenvalue weighted by Gasteiger charge is 2.65. The van der Waals surface area contributed by atoms with Crippen LogP contribution in [0.25, 0.3) is 0 Å². The predicted octanol–water partition coefficient (Wildman–Crippen LogP) is 1.57. The number of rotatable bonds is 1. The standard InChI is InChI=1S/C17H21NO2/c19-11-16-7-3-6-15(20)17(16)8-9-18-14(16)10-12-4-1-2-5-13(12)17/h1-2,4-5,14,18-19H,3,6-11H2/t14-,16-,17+/m1/s1. The topological polar surface area (TPSA) is 49.3 Å². The molecule has 3 nitrogen and oxygen atoms in total. The summed E-state index contributed by atoms with van der Waals surface area (Å²) in [6.45, 7) is 0.997. The van der Waals surface area contributed by atoms with Gasteiger partial charge in [0, 0.05) is 17.9 Å². The summed E-state index contributed by atoms with van der Waals surface area (Å²) in [5, 5.41) is 13.8. The zero-order valence-electron chi connectivity index (χ0n) is 11.7. The van der Waals surface area contributed by atoms with Gasteiger partial charge in [0.2, 0.25) is 0 Å². The van der Waals surface area contributed by atoms with E-state index < -0.39 is 5.41 Å². The average molecular weight is 271 g/mol. The van der Waals surface area contributed by atoms with E-state index in [9.17, 15) is 9.90 Å². The number of ketones is 1. The van der Waals surface area contributed by atoms with Crippen molar-refractivity contribution in [3.05, 3.63) is 35.4 Å². The number of aliphatic hydroxyl groups is 1. The van der Waals surface area contributed by atoms with E-state index in [-0.39, 0.29) is 18.1 Å². The van der Waals surface area contributed by atoms with E-state index in [0.717, 1.165) is 32.2 Å². The summed E-state index contributed by atoms with van der Waals surface area (Å²) in [5.41, 5.74) is 1.78. The summed E-state index contributed by atoms with van der Waals surface area (Å²) in [6.07, 6.45) is 4.32. The molecule has 0 amide bonds. The van der Waals surface area contributed by atoms with E-state index in [1.54, 1.807) is 0 Å². The molecule has 1 aromatic rings. The number of hydrogen-bond acceptors (Lipinski definition) is 3. The maximum absolute atomic E-state index is 12.9. The molecular formula is C17H21NO2. The van der Waals surface area contributed by atoms with E-state index in [4.69, 9.17) is 0 Å². The van der Waals surface area contributed by atoms with Crippen molar-refractivity contribution in [2.75, 3.05) is 13.2 Å². The van der Waals surface area contributed by atoms with E-state index in [0.29, 0.717) is 12.2 Å². The zero-order chi connectivity index (χ0) is 13.8. The highest BCUT2D eigenvalue weighted by atomic mass is 16.3. The van der Waals surface area contributed by atoms with Gasteiger partial charge in [0.05, 0.1) is 12.0 Å². The second-order valence-corrected chi connectivity index (χ2v) is 6.61. The lowest BCUT2D eigenvalue weighted by Gasteiger charge is -2.62. The fourth-order valence-corrected chi connectivity index (χ4v) is 5.24. The molecule has 2 fully saturated rings. The Labute approximate surface area is 119 Å². The van der Waals surface area contributed by atoms with Gasteiger partial charge in [0.15, 0.2) is 0 Å². The van der Waals surface area contributed by atoms with Crippen molar-refractivity contribution in [3.63, 3.8) is 0 Å². The number of piperidine rings is 1. The molecule has 1 aliphatic heterocycles. The first-order chi connectivity index (χ1) is 9.74. The number of carbonyl (C=O) groups excluding carboxylic acids is 1. The third-order valence-corrected chi connectivity index (χ3v) is 6.09. The van der Waals surface area contributed by atoms with E-state index in [1.165, 1.54) is 11.1 Å². The molecule has 1 aromatic carbocycles. The summed E-state index contributed by atoms with van der Waals surface area (Å²) in [5.74, 6) is 0.358. The largest absolute Gasteiger partial charge is 0.396 e. The molecule has 2 N–H and O–H groups in total. The number of hydrogen-bond donors (Lipinski definition) is 2. The van der Waals surface area contributed by atoms with Gasteiger partial charge in [-0.25, -0.2) is 0 Å². The first-order valence-electron chi connectivity index (χ1n) is 7.70. The zero-order valence-corrected chi connectivity index (χ0v) is 11.7. The third-order valence-electron chi connectivity index (χ3n) is 6.09. The van der Waals surface area contributed by atoms with Crippen LogP contribution in [0.15, 0.2) is 24.3 Å². The Morgan fingerprint density at radius 3 is 3.00 bits per heavy atom. The Morgan fingerprint density at radius 1 is 1.30 bits per heavy atom. The smallest absolute Gasteiger partial charge is 0.144 e. The molecule has 0 aromatic heterocycles. The van der Waals surface area contributed by atoms with Crippen molar-refractivity contribution in [1.29, 1.82) is 0 Å². The Kier molecular flexibility index (Phi) is 2.60. The minimum absolute atomic E-state index is 0.116. The Bertz CT molecular complexity index is 570. The molecule has 106 valence electrons. The van der Waals surface area contributed by atoms with Gasteiger partial charge in [-0.15, -0.1) is 0 Å². The summed E-state index contributed by atoms with van der Waals surface area (Å²) in [6, 6.07) is 8.62. The van der Waals surface area contributed by atoms with Crippen LogP contribution in [0.5, 0.6) is 0 Å². The SMILES string of the molecule is O=C1CCC[C@@]2(CO)[C@H]3Cc4ccccc4[C@@]12CCN3. The molecule has 3 heteroatoms. The second kappa shape index (κ2) is 4.15. The molecule has 1 saturated carbocycles. The number of nitrogens with one attached hydrogen (secondary N) is 1. The van der Waals surface area contributed by atoms with Gasteiger partial charge in [0.25, 0.3) is 0 Å². The van der Waals surface area contributed by atoms with Gasteiger partial charge >= 0.3 is 0 Å². The minimum Gasteiger partial charge on any atom is -0.396 e. The van der Waals surface area contributed by atoms with Crippen LogP contribution in [0.3, 0.4) is 0 Å². The summed E-state index contributed by atoms with van der Waals surface area (Å²) in [7, 11) is 0. The van der Waals surface area contributed by atoms with E-state index in [1.807, 2.05) is 6.07 Å². The number of carbonyl (C=O) groups is 1. The maximum Gasteiger partial charge on any atom is 0.144 e. The van der Waals surface area contributed by atoms with Gasteiger partial charge in [-0.05, 0) is 43.4 Å². The monoisotopic (exact) mass is 271 g/mol. The predicted molar refractivity (Wildman–Crippen MR) is 76.6 cm³/mol. The summed E-state index contributed by atoms with van der Waals surface area (Å²) in [4.78, 5) is 12.9. The second-order valence-electron chi connectivity index (χ2n) is 6.61. The molecule has 3 atom stereocenters. The Balaban J connectivity index is 2.02. The van der Waals surface area contributed by atoms with Crippen LogP contribution in [0, 0.1) is 5.41 Å². The van der Waals surface area contributed by atoms with Crippen molar-refractivity contribution in [3.8, 4) is 0 Å². The molecule has 0 spiro atoms. The lowest BCUT2D eigenvalue weighted by molar-refractivity contribution is -0.145. The minimum atomic E-state index is -0.440. The molecule has 0 radical (unpaired) electrons. The number of Topliss-reactive ketones (excluding diaryl/α,β-unsaturated/α-hetero) is 1. The van der Waals surface area contributed by atoms with Crippen molar-refractivity contribution in [2.45, 2.75) is 43.6 Å². The molecule has 0 unspecified atom stereocenters. The van der Waals surface area contributed by atoms with Crippen molar-refractivity contribution >= 4 is 5.78 Å². The van der Waals surface area contributed by atoms with Crippen LogP contribution in [0.1, 0.15) is 36.8 Å². The lowest BCUT2D eigenvalue weighted by Crippen LogP contribution is -2.71. The molecule has 3 aliphatic rings. The van der Waals surface area contributed by atoms with Gasteiger partial charge in [-0.1, -0.05) is 24.3 Å². The van der Waals surface area contributed by atoms with Crippen molar-refractivity contribution < 1.29 is 9.90 Å². The number of aliphatic hydroxyl groups excluding tert-OH is 1. The quantitative estimate of drug-likeness (QED) is 0.815. The molecule has 20 heavy (non-hydrogen) atoms. The molecule has 4 rings (SSSR count). The molecule has 2 bridgehead atoms. The Morgan fingerprint density at radius 2 is 2.15 bits per heavy atom. The van der Waals surface area contributed by atoms with Crippen LogP contribution in [-0.2, 0) is 16.6 Å². The van der Waals surface area contributed by atoms with Gasteiger partial charge < -0.3 is 10.4 Å². The highest BCUT2D eigenvalue weighted by Crippen LogP contribution is 2.59. The Hall–Kier alpha value is -1.19. The fourth-order valence-electron chi connectivity index (χ4n) is 5.24. The van der Waals surface area contributed by atoms with Crippen LogP contribution in [0.2, 0.25) is 0 Å². The van der Waals surface area contributed by atoms with E-state index >= 15 is 0 Å². The van der Waals surface area contributed by atoms with Gasteiger partial charge in [-0.2, -0.15) is 0 Å². The van der Waals surface area contributed by atoms with Crippen LogP contribution in [0.4, 0.5) is 0 Å². The van der Waals surface area contributed by atoms with Gasteiger partial charge in [-0.3, -0.25) is 4.79 Å². The maximum atomic E-state index is 12.9. The highest BCUT2D eigenvalue weighted by molar-refractivity contribution is 5.93. The first kappa shape index (κ1) is 12.5. The molecular weight excluding hydrogens is 250 g/mol. The summed E-state index contributed by atoms with van der Waals surface area (Å²) >= 11 is 0. The lowest BCUT2D eigenvalue weighted by atomic mass is 9.44. The third kappa shape index (κ3) is 1.26. The fraction of sp³-hybridized carbons (Fsp3) is 0.588. The van der Waals surface area contributed by atoms with E-state index in [2.05, 4.69) is 23.5 Å². The summed E-state index contributed by atoms with van der Waals surface area (Å²) < 4.78 is 0. The molecule has 1 heterocycles. The van der Waals surface area contributed by atoms with Crippen LogP contribution >= 0.6 is 0 Å². The first-order valence-corrected chi connectivity index (χ1v) is 7.70. The van der Waals surface area contributed by atoms with Crippen LogP contribution in [-0.4, -0.2) is 30.1 Å². The van der Waals surface area contributed by atoms with Gasteiger partial charge in [0.1, 0.15) is 5.78 Å². The number of fused-ring (bicyclic) bond motifs is 1. The average Bonchev–Trinajstić information content (AvgIpc) is 2.47.